The van der Waals surface area contributed by atoms with Crippen molar-refractivity contribution in [3.63, 3.8) is 0 Å². The summed E-state index contributed by atoms with van der Waals surface area (Å²) in [7, 11) is 1.58. The molecule has 0 saturated carbocycles. The van der Waals surface area contributed by atoms with Crippen LogP contribution in [0.2, 0.25) is 0 Å². The van der Waals surface area contributed by atoms with Crippen molar-refractivity contribution in [3.05, 3.63) is 33.8 Å². The van der Waals surface area contributed by atoms with Gasteiger partial charge in [-0.3, -0.25) is 4.79 Å². The van der Waals surface area contributed by atoms with Gasteiger partial charge < -0.3 is 10.1 Å². The predicted molar refractivity (Wildman–Crippen MR) is 72.7 cm³/mol. The third-order valence-electron chi connectivity index (χ3n) is 2.31. The Labute approximate surface area is 115 Å². The Morgan fingerprint density at radius 2 is 2.29 bits per heavy atom. The van der Waals surface area contributed by atoms with E-state index in [0.717, 1.165) is 10.0 Å². The maximum atomic E-state index is 11.9. The second kappa shape index (κ2) is 6.99. The lowest BCUT2D eigenvalue weighted by molar-refractivity contribution is 0.0906. The van der Waals surface area contributed by atoms with Crippen LogP contribution in [0.15, 0.2) is 22.7 Å². The third-order valence-corrected chi connectivity index (χ3v) is 3.57. The molecule has 5 heteroatoms. The van der Waals surface area contributed by atoms with Crippen molar-refractivity contribution >= 4 is 33.4 Å². The van der Waals surface area contributed by atoms with E-state index in [4.69, 9.17) is 16.3 Å². The molecule has 0 aliphatic carbocycles. The first-order chi connectivity index (χ1) is 8.08. The summed E-state index contributed by atoms with van der Waals surface area (Å²) in [6.07, 6.45) is 0. The highest BCUT2D eigenvalue weighted by atomic mass is 79.9. The number of amides is 1. The summed E-state index contributed by atoms with van der Waals surface area (Å²) in [5.74, 6) is 0.193. The largest absolute Gasteiger partial charge is 0.383 e. The van der Waals surface area contributed by atoms with Crippen LogP contribution in [0.3, 0.4) is 0 Å². The minimum atomic E-state index is -0.168. The van der Waals surface area contributed by atoms with Crippen molar-refractivity contribution in [2.45, 2.75) is 13.0 Å². The average molecular weight is 321 g/mol. The fourth-order valence-corrected chi connectivity index (χ4v) is 1.79. The maximum Gasteiger partial charge on any atom is 0.251 e. The molecule has 1 N–H and O–H groups in total. The van der Waals surface area contributed by atoms with Crippen molar-refractivity contribution in [2.24, 2.45) is 0 Å². The number of methoxy groups -OCH3 is 1. The number of nitrogens with one attached hydrogen (secondary N) is 1. The van der Waals surface area contributed by atoms with E-state index >= 15 is 0 Å². The summed E-state index contributed by atoms with van der Waals surface area (Å²) in [4.78, 5) is 11.9. The minimum Gasteiger partial charge on any atom is -0.383 e. The standard InChI is InChI=1S/C12H15BrClNO2/c1-8-5-9(3-4-11(8)13)12(16)15-10(6-14)7-17-2/h3-5,10H,6-7H2,1-2H3,(H,15,16). The summed E-state index contributed by atoms with van der Waals surface area (Å²) in [5, 5.41) is 2.82. The number of benzene rings is 1. The van der Waals surface area contributed by atoms with Crippen LogP contribution in [-0.2, 0) is 4.74 Å². The lowest BCUT2D eigenvalue weighted by atomic mass is 10.1. The van der Waals surface area contributed by atoms with Gasteiger partial charge in [0.2, 0.25) is 0 Å². The van der Waals surface area contributed by atoms with Gasteiger partial charge in [0.25, 0.3) is 5.91 Å². The first-order valence-electron chi connectivity index (χ1n) is 5.20. The van der Waals surface area contributed by atoms with E-state index in [-0.39, 0.29) is 11.9 Å². The molecule has 0 aliphatic rings. The van der Waals surface area contributed by atoms with Gasteiger partial charge in [0.1, 0.15) is 0 Å². The summed E-state index contributed by atoms with van der Waals surface area (Å²) in [6.45, 7) is 2.35. The highest BCUT2D eigenvalue weighted by Crippen LogP contribution is 2.17. The zero-order chi connectivity index (χ0) is 12.8. The summed E-state index contributed by atoms with van der Waals surface area (Å²) in [5.41, 5.74) is 1.64. The molecule has 0 bridgehead atoms. The molecule has 1 rings (SSSR count). The summed E-state index contributed by atoms with van der Waals surface area (Å²) in [6, 6.07) is 5.29. The number of carbonyl (C=O) groups excluding carboxylic acids is 1. The van der Waals surface area contributed by atoms with Gasteiger partial charge >= 0.3 is 0 Å². The molecule has 0 saturated heterocycles. The molecule has 94 valence electrons. The van der Waals surface area contributed by atoms with Crippen molar-refractivity contribution < 1.29 is 9.53 Å². The topological polar surface area (TPSA) is 38.3 Å². The molecular formula is C12H15BrClNO2. The lowest BCUT2D eigenvalue weighted by Gasteiger charge is -2.15. The van der Waals surface area contributed by atoms with Gasteiger partial charge in [-0.15, -0.1) is 11.6 Å². The summed E-state index contributed by atoms with van der Waals surface area (Å²) < 4.78 is 5.95. The van der Waals surface area contributed by atoms with Gasteiger partial charge in [-0.25, -0.2) is 0 Å². The predicted octanol–water partition coefficient (Wildman–Crippen LogP) is 2.74. The molecule has 3 nitrogen and oxygen atoms in total. The lowest BCUT2D eigenvalue weighted by Crippen LogP contribution is -2.39. The molecule has 0 heterocycles. The molecule has 1 aromatic rings. The van der Waals surface area contributed by atoms with Crippen molar-refractivity contribution in [1.29, 1.82) is 0 Å². The molecule has 1 unspecified atom stereocenters. The van der Waals surface area contributed by atoms with Crippen LogP contribution in [0.4, 0.5) is 0 Å². The smallest absolute Gasteiger partial charge is 0.251 e. The van der Waals surface area contributed by atoms with Gasteiger partial charge in [0.15, 0.2) is 0 Å². The fraction of sp³-hybridized carbons (Fsp3) is 0.417. The number of ether oxygens (including phenoxy) is 1. The number of carbonyl (C=O) groups is 1. The van der Waals surface area contributed by atoms with Crippen LogP contribution in [0.1, 0.15) is 15.9 Å². The highest BCUT2D eigenvalue weighted by molar-refractivity contribution is 9.10. The molecule has 0 aromatic heterocycles. The zero-order valence-corrected chi connectivity index (χ0v) is 12.1. The van der Waals surface area contributed by atoms with Gasteiger partial charge in [-0.05, 0) is 30.7 Å². The maximum absolute atomic E-state index is 11.9. The average Bonchev–Trinajstić information content (AvgIpc) is 2.31. The highest BCUT2D eigenvalue weighted by Gasteiger charge is 2.13. The Balaban J connectivity index is 2.72. The van der Waals surface area contributed by atoms with Crippen LogP contribution in [0.5, 0.6) is 0 Å². The number of halogens is 2. The van der Waals surface area contributed by atoms with E-state index < -0.39 is 0 Å². The van der Waals surface area contributed by atoms with E-state index in [1.807, 2.05) is 19.1 Å². The Hall–Kier alpha value is -0.580. The SMILES string of the molecule is COCC(CCl)NC(=O)c1ccc(Br)c(C)c1. The minimum absolute atomic E-state index is 0.136. The van der Waals surface area contributed by atoms with Crippen molar-refractivity contribution in [1.82, 2.24) is 5.32 Å². The second-order valence-electron chi connectivity index (χ2n) is 3.74. The van der Waals surface area contributed by atoms with E-state index in [1.54, 1.807) is 13.2 Å². The molecule has 0 aliphatic heterocycles. The van der Waals surface area contributed by atoms with Crippen LogP contribution in [0.25, 0.3) is 0 Å². The molecule has 1 amide bonds. The Kier molecular flexibility index (Phi) is 5.95. The number of rotatable bonds is 5. The Morgan fingerprint density at radius 1 is 1.59 bits per heavy atom. The molecule has 1 aromatic carbocycles. The Morgan fingerprint density at radius 3 is 2.82 bits per heavy atom. The molecular weight excluding hydrogens is 305 g/mol. The first-order valence-corrected chi connectivity index (χ1v) is 6.53. The number of hydrogen-bond donors (Lipinski definition) is 1. The Bertz CT molecular complexity index is 398. The van der Waals surface area contributed by atoms with Crippen LogP contribution in [-0.4, -0.2) is 31.5 Å². The zero-order valence-electron chi connectivity index (χ0n) is 9.80. The summed E-state index contributed by atoms with van der Waals surface area (Å²) >= 11 is 9.13. The normalized spacial score (nSPS) is 12.2. The second-order valence-corrected chi connectivity index (χ2v) is 4.91. The van der Waals surface area contributed by atoms with E-state index in [1.165, 1.54) is 0 Å². The first kappa shape index (κ1) is 14.5. The number of alkyl halides is 1. The molecule has 0 spiro atoms. The van der Waals surface area contributed by atoms with E-state index in [2.05, 4.69) is 21.2 Å². The molecule has 0 fully saturated rings. The quantitative estimate of drug-likeness (QED) is 0.847. The molecule has 1 atom stereocenters. The monoisotopic (exact) mass is 319 g/mol. The van der Waals surface area contributed by atoms with Gasteiger partial charge in [-0.2, -0.15) is 0 Å². The number of aryl methyl sites for hydroxylation is 1. The van der Waals surface area contributed by atoms with Crippen LogP contribution >= 0.6 is 27.5 Å². The third kappa shape index (κ3) is 4.30. The van der Waals surface area contributed by atoms with E-state index in [9.17, 15) is 4.79 Å². The molecule has 0 radical (unpaired) electrons. The van der Waals surface area contributed by atoms with Crippen molar-refractivity contribution in [2.75, 3.05) is 19.6 Å². The van der Waals surface area contributed by atoms with Crippen molar-refractivity contribution in [3.8, 4) is 0 Å². The van der Waals surface area contributed by atoms with Gasteiger partial charge in [0, 0.05) is 23.0 Å². The van der Waals surface area contributed by atoms with Gasteiger partial charge in [-0.1, -0.05) is 15.9 Å². The van der Waals surface area contributed by atoms with Gasteiger partial charge in [0.05, 0.1) is 12.6 Å². The fourth-order valence-electron chi connectivity index (χ4n) is 1.38. The van der Waals surface area contributed by atoms with E-state index in [0.29, 0.717) is 18.1 Å². The number of hydrogen-bond acceptors (Lipinski definition) is 2. The van der Waals surface area contributed by atoms with Crippen LogP contribution in [0, 0.1) is 6.92 Å². The molecule has 17 heavy (non-hydrogen) atoms. The van der Waals surface area contributed by atoms with Crippen LogP contribution < -0.4 is 5.32 Å².